The van der Waals surface area contributed by atoms with Crippen LogP contribution in [-0.4, -0.2) is 18.1 Å². The van der Waals surface area contributed by atoms with Crippen molar-refractivity contribution in [2.75, 3.05) is 10.2 Å². The molecule has 0 aromatic heterocycles. The van der Waals surface area contributed by atoms with Crippen molar-refractivity contribution >= 4 is 11.4 Å². The molecule has 4 aliphatic carbocycles. The number of rotatable bonds is 5. The molecule has 1 saturated heterocycles. The van der Waals surface area contributed by atoms with Gasteiger partial charge in [-0.3, -0.25) is 0 Å². The van der Waals surface area contributed by atoms with Gasteiger partial charge in [-0.1, -0.05) is 55.5 Å². The summed E-state index contributed by atoms with van der Waals surface area (Å²) in [6.07, 6.45) is 26.5. The third kappa shape index (κ3) is 4.27. The fraction of sp³-hybridized carbons (Fsp3) is 0.355. The Bertz CT molecular complexity index is 1190. The van der Waals surface area contributed by atoms with Crippen LogP contribution >= 0.6 is 0 Å². The first kappa shape index (κ1) is 22.1. The summed E-state index contributed by atoms with van der Waals surface area (Å²) in [5, 5.41) is 7.46. The van der Waals surface area contributed by atoms with Gasteiger partial charge in [0.1, 0.15) is 0 Å². The van der Waals surface area contributed by atoms with Crippen molar-refractivity contribution in [1.82, 2.24) is 5.32 Å². The molecule has 4 N–H and O–H groups in total. The van der Waals surface area contributed by atoms with E-state index >= 15 is 0 Å². The SMILES string of the molecule is CC1CC(NC2C=CC=CC2)=C2C3=CC=CCC3N(c3ccc(NC4=C(N)CCC=C4)cc3)C2C1. The lowest BCUT2D eigenvalue weighted by Gasteiger charge is -2.37. The monoisotopic (exact) mass is 464 g/mol. The molecule has 4 nitrogen and oxygen atoms in total. The predicted molar refractivity (Wildman–Crippen MR) is 147 cm³/mol. The Hall–Kier alpha value is -3.40. The Labute approximate surface area is 209 Å². The average molecular weight is 465 g/mol. The van der Waals surface area contributed by atoms with Crippen LogP contribution in [0.4, 0.5) is 11.4 Å². The van der Waals surface area contributed by atoms with Gasteiger partial charge in [0.15, 0.2) is 0 Å². The zero-order valence-corrected chi connectivity index (χ0v) is 20.6. The smallest absolute Gasteiger partial charge is 0.0587 e. The van der Waals surface area contributed by atoms with E-state index in [1.807, 2.05) is 0 Å². The summed E-state index contributed by atoms with van der Waals surface area (Å²) in [7, 11) is 0. The van der Waals surface area contributed by atoms with Gasteiger partial charge in [0.05, 0.1) is 17.8 Å². The molecule has 0 saturated carbocycles. The fourth-order valence-electron chi connectivity index (χ4n) is 6.31. The molecular formula is C31H36N4. The van der Waals surface area contributed by atoms with Gasteiger partial charge in [0.2, 0.25) is 0 Å². The highest BCUT2D eigenvalue weighted by atomic mass is 15.2. The van der Waals surface area contributed by atoms with Crippen LogP contribution in [-0.2, 0) is 0 Å². The molecule has 0 bridgehead atoms. The maximum absolute atomic E-state index is 6.22. The molecule has 1 heterocycles. The van der Waals surface area contributed by atoms with Crippen LogP contribution in [0.1, 0.15) is 45.4 Å². The normalized spacial score (nSPS) is 29.3. The number of hydrogen-bond acceptors (Lipinski definition) is 4. The number of nitrogens with two attached hydrogens (primary N) is 1. The fourth-order valence-corrected chi connectivity index (χ4v) is 6.31. The van der Waals surface area contributed by atoms with Crippen LogP contribution in [0.3, 0.4) is 0 Å². The van der Waals surface area contributed by atoms with Crippen molar-refractivity contribution in [1.29, 1.82) is 0 Å². The molecule has 5 aliphatic rings. The van der Waals surface area contributed by atoms with E-state index < -0.39 is 0 Å². The lowest BCUT2D eigenvalue weighted by atomic mass is 9.82. The van der Waals surface area contributed by atoms with Crippen LogP contribution in [0.25, 0.3) is 0 Å². The van der Waals surface area contributed by atoms with Crippen molar-refractivity contribution in [3.8, 4) is 0 Å². The Kier molecular flexibility index (Phi) is 5.89. The highest BCUT2D eigenvalue weighted by Crippen LogP contribution is 2.48. The second-order valence-electron chi connectivity index (χ2n) is 10.5. The van der Waals surface area contributed by atoms with Gasteiger partial charge in [-0.25, -0.2) is 0 Å². The molecule has 180 valence electrons. The average Bonchev–Trinajstić information content (AvgIpc) is 3.21. The minimum atomic E-state index is 0.390. The first-order chi connectivity index (χ1) is 17.2. The van der Waals surface area contributed by atoms with E-state index in [1.54, 1.807) is 5.57 Å². The highest BCUT2D eigenvalue weighted by molar-refractivity contribution is 5.67. The second-order valence-corrected chi connectivity index (χ2v) is 10.5. The second kappa shape index (κ2) is 9.33. The minimum absolute atomic E-state index is 0.390. The lowest BCUT2D eigenvalue weighted by molar-refractivity contribution is 0.431. The number of benzene rings is 1. The van der Waals surface area contributed by atoms with Crippen molar-refractivity contribution in [3.05, 3.63) is 107 Å². The molecule has 1 aromatic carbocycles. The van der Waals surface area contributed by atoms with Gasteiger partial charge in [-0.05, 0) is 85.9 Å². The van der Waals surface area contributed by atoms with E-state index in [9.17, 15) is 0 Å². The predicted octanol–water partition coefficient (Wildman–Crippen LogP) is 6.22. The van der Waals surface area contributed by atoms with Crippen LogP contribution in [0.5, 0.6) is 0 Å². The Morgan fingerprint density at radius 2 is 1.83 bits per heavy atom. The van der Waals surface area contributed by atoms with E-state index in [2.05, 4.69) is 101 Å². The molecule has 4 atom stereocenters. The summed E-state index contributed by atoms with van der Waals surface area (Å²) < 4.78 is 0. The van der Waals surface area contributed by atoms with E-state index in [-0.39, 0.29) is 0 Å². The summed E-state index contributed by atoms with van der Waals surface area (Å²) in [5.41, 5.74) is 15.1. The van der Waals surface area contributed by atoms with Crippen LogP contribution in [0.2, 0.25) is 0 Å². The first-order valence-electron chi connectivity index (χ1n) is 13.2. The zero-order valence-electron chi connectivity index (χ0n) is 20.6. The Morgan fingerprint density at radius 3 is 2.63 bits per heavy atom. The highest BCUT2D eigenvalue weighted by Gasteiger charge is 2.45. The van der Waals surface area contributed by atoms with Crippen molar-refractivity contribution < 1.29 is 0 Å². The number of hydrogen-bond donors (Lipinski definition) is 3. The third-order valence-electron chi connectivity index (χ3n) is 7.94. The van der Waals surface area contributed by atoms with E-state index in [4.69, 9.17) is 5.73 Å². The molecule has 4 heteroatoms. The van der Waals surface area contributed by atoms with E-state index in [1.165, 1.54) is 23.4 Å². The van der Waals surface area contributed by atoms with Gasteiger partial charge in [0.25, 0.3) is 0 Å². The minimum Gasteiger partial charge on any atom is -0.400 e. The number of allylic oxidation sites excluding steroid dienone is 8. The number of fused-ring (bicyclic) bond motifs is 3. The number of nitrogens with zero attached hydrogens (tertiary/aromatic N) is 1. The van der Waals surface area contributed by atoms with E-state index in [0.29, 0.717) is 24.0 Å². The lowest BCUT2D eigenvalue weighted by Crippen LogP contribution is -2.40. The van der Waals surface area contributed by atoms with E-state index in [0.717, 1.165) is 49.2 Å². The van der Waals surface area contributed by atoms with Gasteiger partial charge in [-0.15, -0.1) is 0 Å². The molecule has 1 aromatic rings. The van der Waals surface area contributed by atoms with Crippen LogP contribution < -0.4 is 21.3 Å². The van der Waals surface area contributed by atoms with Crippen molar-refractivity contribution in [3.63, 3.8) is 0 Å². The molecule has 35 heavy (non-hydrogen) atoms. The first-order valence-corrected chi connectivity index (χ1v) is 13.2. The molecule has 1 aliphatic heterocycles. The Morgan fingerprint density at radius 1 is 0.971 bits per heavy atom. The summed E-state index contributed by atoms with van der Waals surface area (Å²) in [4.78, 5) is 2.69. The topological polar surface area (TPSA) is 53.3 Å². The largest absolute Gasteiger partial charge is 0.400 e. The van der Waals surface area contributed by atoms with Gasteiger partial charge in [0, 0.05) is 28.8 Å². The molecular weight excluding hydrogens is 428 g/mol. The summed E-state index contributed by atoms with van der Waals surface area (Å²) in [5.74, 6) is 0.652. The van der Waals surface area contributed by atoms with Crippen molar-refractivity contribution in [2.45, 2.75) is 63.6 Å². The number of anilines is 2. The maximum atomic E-state index is 6.22. The number of nitrogens with one attached hydrogen (secondary N) is 2. The summed E-state index contributed by atoms with van der Waals surface area (Å²) in [6.45, 7) is 2.41. The summed E-state index contributed by atoms with van der Waals surface area (Å²) >= 11 is 0. The van der Waals surface area contributed by atoms with Gasteiger partial charge < -0.3 is 21.3 Å². The standard InChI is InChI=1S/C31H36N4/c1-21-19-28(34-22-9-3-2-4-10-22)31-25-11-5-8-14-29(25)35(30(31)20-21)24-17-15-23(16-18-24)33-27-13-7-6-12-26(27)32/h2-5,7-9,11,13,15-18,21-22,29-30,33-34H,6,10,12,14,19-20,32H2,1H3. The maximum Gasteiger partial charge on any atom is 0.0587 e. The quantitative estimate of drug-likeness (QED) is 0.484. The van der Waals surface area contributed by atoms with Crippen LogP contribution in [0.15, 0.2) is 107 Å². The molecule has 0 spiro atoms. The van der Waals surface area contributed by atoms with Gasteiger partial charge in [-0.2, -0.15) is 0 Å². The van der Waals surface area contributed by atoms with Crippen molar-refractivity contribution in [2.24, 2.45) is 11.7 Å². The zero-order chi connectivity index (χ0) is 23.8. The third-order valence-corrected chi connectivity index (χ3v) is 7.94. The molecule has 6 rings (SSSR count). The molecule has 0 radical (unpaired) electrons. The van der Waals surface area contributed by atoms with Gasteiger partial charge >= 0.3 is 0 Å². The molecule has 1 fully saturated rings. The van der Waals surface area contributed by atoms with Crippen LogP contribution in [0, 0.1) is 5.92 Å². The molecule has 0 amide bonds. The summed E-state index contributed by atoms with van der Waals surface area (Å²) in [6, 6.07) is 10.2. The molecule has 4 unspecified atom stereocenters. The Balaban J connectivity index is 1.32.